The third-order valence-electron chi connectivity index (χ3n) is 2.21. The van der Waals surface area contributed by atoms with Gasteiger partial charge in [-0.2, -0.15) is 0 Å². The van der Waals surface area contributed by atoms with E-state index in [-0.39, 0.29) is 11.3 Å². The first kappa shape index (κ1) is 8.84. The van der Waals surface area contributed by atoms with Gasteiger partial charge < -0.3 is 5.32 Å². The molecule has 1 saturated heterocycles. The molecule has 4 heteroatoms. The Kier molecular flexibility index (Phi) is 2.42. The summed E-state index contributed by atoms with van der Waals surface area (Å²) in [4.78, 5) is 11.3. The zero-order valence-corrected chi connectivity index (χ0v) is 8.17. The summed E-state index contributed by atoms with van der Waals surface area (Å²) < 4.78 is 0. The van der Waals surface area contributed by atoms with Gasteiger partial charge in [0, 0.05) is 18.3 Å². The number of fused-ring (bicyclic) bond motifs is 1. The minimum absolute atomic E-state index is 0.0567. The molecular weight excluding hydrogens is 184 g/mol. The molecule has 1 aliphatic heterocycles. The molecule has 70 valence electrons. The highest BCUT2D eigenvalue weighted by atomic mass is 32.2. The number of hydrogen-bond donors (Lipinski definition) is 2. The van der Waals surface area contributed by atoms with Crippen molar-refractivity contribution in [3.8, 4) is 0 Å². The van der Waals surface area contributed by atoms with Crippen molar-refractivity contribution in [1.82, 2.24) is 10.6 Å². The fourth-order valence-corrected chi connectivity index (χ4v) is 2.82. The van der Waals surface area contributed by atoms with Crippen LogP contribution < -0.4 is 10.6 Å². The Balaban J connectivity index is 2.04. The number of amides is 1. The first-order chi connectivity index (χ1) is 6.31. The predicted molar refractivity (Wildman–Crippen MR) is 54.4 cm³/mol. The van der Waals surface area contributed by atoms with E-state index in [0.29, 0.717) is 11.3 Å². The lowest BCUT2D eigenvalue weighted by Crippen LogP contribution is -2.40. The zero-order valence-electron chi connectivity index (χ0n) is 7.36. The highest BCUT2D eigenvalue weighted by Crippen LogP contribution is 2.30. The minimum atomic E-state index is -0.104. The summed E-state index contributed by atoms with van der Waals surface area (Å²) in [6.45, 7) is 0. The van der Waals surface area contributed by atoms with Gasteiger partial charge in [0.15, 0.2) is 0 Å². The summed E-state index contributed by atoms with van der Waals surface area (Å²) in [5, 5.41) is 6.21. The van der Waals surface area contributed by atoms with E-state index in [9.17, 15) is 4.79 Å². The van der Waals surface area contributed by atoms with Gasteiger partial charge in [0.2, 0.25) is 5.91 Å². The average Bonchev–Trinajstić information content (AvgIpc) is 2.59. The van der Waals surface area contributed by atoms with Crippen LogP contribution >= 0.6 is 11.8 Å². The summed E-state index contributed by atoms with van der Waals surface area (Å²) in [6, 6.07) is 0.317. The van der Waals surface area contributed by atoms with E-state index in [4.69, 9.17) is 0 Å². The molecule has 0 bridgehead atoms. The summed E-state index contributed by atoms with van der Waals surface area (Å²) in [6.07, 6.45) is 8.27. The molecule has 0 aromatic carbocycles. The number of rotatable bonds is 1. The average molecular weight is 196 g/mol. The molecule has 1 amide bonds. The van der Waals surface area contributed by atoms with Gasteiger partial charge in [0.05, 0.1) is 0 Å². The quantitative estimate of drug-likeness (QED) is 0.632. The van der Waals surface area contributed by atoms with Crippen molar-refractivity contribution in [1.29, 1.82) is 0 Å². The Morgan fingerprint density at radius 2 is 2.23 bits per heavy atom. The second-order valence-electron chi connectivity index (χ2n) is 3.06. The third kappa shape index (κ3) is 1.64. The molecule has 1 heterocycles. The molecule has 0 spiro atoms. The molecular formula is C9H12N2OS. The highest BCUT2D eigenvalue weighted by molar-refractivity contribution is 8.01. The maximum atomic E-state index is 11.3. The molecule has 0 saturated carbocycles. The van der Waals surface area contributed by atoms with E-state index in [2.05, 4.69) is 22.8 Å². The van der Waals surface area contributed by atoms with Crippen LogP contribution in [0, 0.1) is 0 Å². The Morgan fingerprint density at radius 3 is 2.92 bits per heavy atom. The lowest BCUT2D eigenvalue weighted by molar-refractivity contribution is -0.120. The van der Waals surface area contributed by atoms with Gasteiger partial charge in [-0.15, -0.1) is 11.8 Å². The van der Waals surface area contributed by atoms with Gasteiger partial charge in [0.25, 0.3) is 0 Å². The number of carbonyl (C=O) groups is 1. The van der Waals surface area contributed by atoms with Gasteiger partial charge in [-0.05, 0) is 0 Å². The van der Waals surface area contributed by atoms with Crippen LogP contribution in [-0.2, 0) is 4.79 Å². The Hall–Kier alpha value is -0.740. The lowest BCUT2D eigenvalue weighted by atomic mass is 10.1. The molecule has 2 aliphatic rings. The maximum absolute atomic E-state index is 11.3. The van der Waals surface area contributed by atoms with E-state index < -0.39 is 0 Å². The first-order valence-electron chi connectivity index (χ1n) is 4.29. The normalized spacial score (nSPS) is 35.9. The van der Waals surface area contributed by atoms with Crippen LogP contribution in [0.5, 0.6) is 0 Å². The topological polar surface area (TPSA) is 41.1 Å². The van der Waals surface area contributed by atoms with Crippen LogP contribution in [0.2, 0.25) is 0 Å². The minimum Gasteiger partial charge on any atom is -0.357 e. The van der Waals surface area contributed by atoms with E-state index in [1.165, 1.54) is 0 Å². The van der Waals surface area contributed by atoms with Crippen LogP contribution in [0.3, 0.4) is 0 Å². The fraction of sp³-hybridized carbons (Fsp3) is 0.444. The van der Waals surface area contributed by atoms with Gasteiger partial charge in [0.1, 0.15) is 5.37 Å². The molecule has 3 nitrogen and oxygen atoms in total. The van der Waals surface area contributed by atoms with Gasteiger partial charge >= 0.3 is 0 Å². The first-order valence-corrected chi connectivity index (χ1v) is 5.23. The monoisotopic (exact) mass is 196 g/mol. The number of nitrogens with one attached hydrogen (secondary N) is 2. The molecule has 3 unspecified atom stereocenters. The fourth-order valence-electron chi connectivity index (χ4n) is 1.51. The zero-order chi connectivity index (χ0) is 9.26. The number of allylic oxidation sites excluding steroid dienone is 2. The lowest BCUT2D eigenvalue weighted by Gasteiger charge is -2.12. The van der Waals surface area contributed by atoms with Crippen LogP contribution in [-0.4, -0.2) is 29.6 Å². The Morgan fingerprint density at radius 1 is 1.46 bits per heavy atom. The molecule has 2 rings (SSSR count). The van der Waals surface area contributed by atoms with Crippen molar-refractivity contribution in [3.63, 3.8) is 0 Å². The standard InChI is InChI=1S/C9H12N2OS/c1-10-8(12)9-11-6-4-2-3-5-7(6)13-9/h2-7,9,11H,1H3,(H,10,12). The summed E-state index contributed by atoms with van der Waals surface area (Å²) in [5.41, 5.74) is 0. The molecule has 0 aromatic rings. The molecule has 1 aliphatic carbocycles. The predicted octanol–water partition coefficient (Wildman–Crippen LogP) is 0.258. The molecule has 1 fully saturated rings. The summed E-state index contributed by atoms with van der Waals surface area (Å²) >= 11 is 1.67. The summed E-state index contributed by atoms with van der Waals surface area (Å²) in [7, 11) is 1.66. The SMILES string of the molecule is CNC(=O)C1NC2C=CC=CC2S1. The molecule has 0 radical (unpaired) electrons. The van der Waals surface area contributed by atoms with Crippen molar-refractivity contribution in [2.24, 2.45) is 0 Å². The number of likely N-dealkylation sites (N-methyl/N-ethyl adjacent to an activating group) is 1. The van der Waals surface area contributed by atoms with Crippen LogP contribution in [0.15, 0.2) is 24.3 Å². The maximum Gasteiger partial charge on any atom is 0.247 e. The van der Waals surface area contributed by atoms with Crippen molar-refractivity contribution >= 4 is 17.7 Å². The largest absolute Gasteiger partial charge is 0.357 e. The van der Waals surface area contributed by atoms with Gasteiger partial charge in [-0.3, -0.25) is 10.1 Å². The van der Waals surface area contributed by atoms with Gasteiger partial charge in [-0.25, -0.2) is 0 Å². The Bertz CT molecular complexity index is 255. The Labute approximate surface area is 81.7 Å². The van der Waals surface area contributed by atoms with Crippen molar-refractivity contribution in [2.75, 3.05) is 7.05 Å². The van der Waals surface area contributed by atoms with Crippen LogP contribution in [0.4, 0.5) is 0 Å². The van der Waals surface area contributed by atoms with E-state index in [0.717, 1.165) is 0 Å². The van der Waals surface area contributed by atoms with Crippen molar-refractivity contribution in [3.05, 3.63) is 24.3 Å². The van der Waals surface area contributed by atoms with Crippen molar-refractivity contribution < 1.29 is 4.79 Å². The van der Waals surface area contributed by atoms with E-state index in [1.807, 2.05) is 12.2 Å². The number of thioether (sulfide) groups is 1. The smallest absolute Gasteiger partial charge is 0.247 e. The second-order valence-corrected chi connectivity index (χ2v) is 4.35. The number of carbonyl (C=O) groups excluding carboxylic acids is 1. The van der Waals surface area contributed by atoms with Crippen LogP contribution in [0.25, 0.3) is 0 Å². The second kappa shape index (κ2) is 3.55. The molecule has 2 N–H and O–H groups in total. The molecule has 13 heavy (non-hydrogen) atoms. The van der Waals surface area contributed by atoms with Crippen molar-refractivity contribution in [2.45, 2.75) is 16.7 Å². The third-order valence-corrected chi connectivity index (χ3v) is 3.59. The molecule has 3 atom stereocenters. The summed E-state index contributed by atoms with van der Waals surface area (Å²) in [5.74, 6) is 0.0567. The van der Waals surface area contributed by atoms with E-state index >= 15 is 0 Å². The highest BCUT2D eigenvalue weighted by Gasteiger charge is 2.35. The number of hydrogen-bond acceptors (Lipinski definition) is 3. The van der Waals surface area contributed by atoms with Gasteiger partial charge in [-0.1, -0.05) is 24.3 Å². The van der Waals surface area contributed by atoms with E-state index in [1.54, 1.807) is 18.8 Å². The van der Waals surface area contributed by atoms with Crippen LogP contribution in [0.1, 0.15) is 0 Å². The molecule has 0 aromatic heterocycles.